The fraction of sp³-hybridized carbons (Fsp3) is 0.348. The van der Waals surface area contributed by atoms with Crippen molar-refractivity contribution in [1.29, 1.82) is 0 Å². The van der Waals surface area contributed by atoms with E-state index in [1.54, 1.807) is 7.11 Å². The number of aliphatic hydroxyl groups is 1. The van der Waals surface area contributed by atoms with Crippen molar-refractivity contribution in [2.75, 3.05) is 26.9 Å². The molecule has 0 bridgehead atoms. The van der Waals surface area contributed by atoms with Crippen LogP contribution < -0.4 is 14.2 Å². The molecule has 8 rings (SSSR count). The van der Waals surface area contributed by atoms with Crippen LogP contribution in [0.4, 0.5) is 4.39 Å². The quantitative estimate of drug-likeness (QED) is 0.123. The van der Waals surface area contributed by atoms with Gasteiger partial charge in [0.25, 0.3) is 0 Å². The van der Waals surface area contributed by atoms with Crippen LogP contribution in [0.25, 0.3) is 0 Å². The normalized spacial score (nSPS) is 23.0. The van der Waals surface area contributed by atoms with Crippen LogP contribution in [-0.4, -0.2) is 56.5 Å². The Morgan fingerprint density at radius 2 is 1.42 bits per heavy atom. The first-order valence-corrected chi connectivity index (χ1v) is 19.1. The summed E-state index contributed by atoms with van der Waals surface area (Å²) in [5.74, 6) is -0.178. The minimum absolute atomic E-state index is 0.0769. The molecule has 0 spiro atoms. The van der Waals surface area contributed by atoms with E-state index in [-0.39, 0.29) is 26.4 Å². The summed E-state index contributed by atoms with van der Waals surface area (Å²) >= 11 is 0. The highest BCUT2D eigenvalue weighted by molar-refractivity contribution is 5.59. The third kappa shape index (κ3) is 8.13. The number of fused-ring (bicyclic) bond motifs is 2. The summed E-state index contributed by atoms with van der Waals surface area (Å²) in [6.07, 6.45) is -2.52. The molecule has 286 valence electrons. The number of alkyl halides is 1. The fourth-order valence-corrected chi connectivity index (χ4v) is 7.90. The minimum Gasteiger partial charge on any atom is -0.496 e. The molecule has 0 amide bonds. The van der Waals surface area contributed by atoms with Crippen molar-refractivity contribution in [3.63, 3.8) is 0 Å². The van der Waals surface area contributed by atoms with Gasteiger partial charge in [-0.05, 0) is 58.4 Å². The van der Waals surface area contributed by atoms with Crippen molar-refractivity contribution in [3.8, 4) is 17.2 Å². The van der Waals surface area contributed by atoms with Gasteiger partial charge in [0.05, 0.1) is 52.3 Å². The molecule has 1 saturated heterocycles. The van der Waals surface area contributed by atoms with Gasteiger partial charge in [0.15, 0.2) is 6.17 Å². The summed E-state index contributed by atoms with van der Waals surface area (Å²) in [7, 11) is 1.65. The zero-order valence-electron chi connectivity index (χ0n) is 31.0. The van der Waals surface area contributed by atoms with Gasteiger partial charge in [-0.25, -0.2) is 4.39 Å². The molecule has 5 aromatic rings. The Kier molecular flexibility index (Phi) is 11.4. The number of benzene rings is 5. The largest absolute Gasteiger partial charge is 0.496 e. The van der Waals surface area contributed by atoms with Gasteiger partial charge in [-0.1, -0.05) is 103 Å². The first kappa shape index (κ1) is 37.2. The number of hydrogen-bond acceptors (Lipinski definition) is 8. The van der Waals surface area contributed by atoms with E-state index in [1.807, 2.05) is 103 Å². The molecule has 0 saturated carbocycles. The Morgan fingerprint density at radius 3 is 2.11 bits per heavy atom. The van der Waals surface area contributed by atoms with Crippen molar-refractivity contribution in [2.45, 2.75) is 75.8 Å². The van der Waals surface area contributed by atoms with Crippen LogP contribution in [-0.2, 0) is 63.8 Å². The third-order valence-corrected chi connectivity index (χ3v) is 10.6. The molecule has 0 radical (unpaired) electrons. The fourth-order valence-electron chi connectivity index (χ4n) is 7.90. The summed E-state index contributed by atoms with van der Waals surface area (Å²) < 4.78 is 61.0. The second-order valence-corrected chi connectivity index (χ2v) is 14.4. The zero-order valence-corrected chi connectivity index (χ0v) is 31.0. The van der Waals surface area contributed by atoms with E-state index in [1.165, 1.54) is 5.56 Å². The maximum absolute atomic E-state index is 17.1. The van der Waals surface area contributed by atoms with Gasteiger partial charge in [0, 0.05) is 18.4 Å². The highest BCUT2D eigenvalue weighted by Crippen LogP contribution is 2.50. The van der Waals surface area contributed by atoms with E-state index in [2.05, 4.69) is 12.1 Å². The molecule has 1 fully saturated rings. The molecule has 0 aromatic heterocycles. The van der Waals surface area contributed by atoms with E-state index < -0.39 is 30.3 Å². The topological polar surface area (TPSA) is 84.8 Å². The number of hydrogen-bond donors (Lipinski definition) is 1. The highest BCUT2D eigenvalue weighted by Gasteiger charge is 2.58. The highest BCUT2D eigenvalue weighted by atomic mass is 19.1. The molecule has 9 heteroatoms. The second kappa shape index (κ2) is 16.9. The van der Waals surface area contributed by atoms with Gasteiger partial charge in [-0.3, -0.25) is 0 Å². The molecule has 1 unspecified atom stereocenters. The number of rotatable bonds is 14. The maximum atomic E-state index is 17.1. The van der Waals surface area contributed by atoms with Crippen molar-refractivity contribution in [3.05, 3.63) is 160 Å². The van der Waals surface area contributed by atoms with Gasteiger partial charge in [-0.15, -0.1) is 0 Å². The zero-order chi connectivity index (χ0) is 37.6. The SMILES string of the molecule is COc1c(Cc2ccc3c(c2)CCCO3)cc(C2(O)O[C@H](COCc3ccccc3)[C@@H](F)[C@H](OCc3ccccc3)[C@H]2OCc2ccccc2)c2c1CCO2. The predicted molar refractivity (Wildman–Crippen MR) is 205 cm³/mol. The molecule has 55 heavy (non-hydrogen) atoms. The van der Waals surface area contributed by atoms with E-state index in [0.717, 1.165) is 52.0 Å². The molecular weight excluding hydrogens is 699 g/mol. The first-order valence-electron chi connectivity index (χ1n) is 19.1. The number of halogens is 1. The third-order valence-electron chi connectivity index (χ3n) is 10.6. The molecule has 3 aliphatic heterocycles. The molecule has 0 aliphatic carbocycles. The van der Waals surface area contributed by atoms with Crippen molar-refractivity contribution >= 4 is 0 Å². The Labute approximate surface area is 321 Å². The van der Waals surface area contributed by atoms with Gasteiger partial charge in [0.2, 0.25) is 5.79 Å². The van der Waals surface area contributed by atoms with Crippen LogP contribution in [0.15, 0.2) is 115 Å². The average Bonchev–Trinajstić information content (AvgIpc) is 3.72. The molecule has 8 nitrogen and oxygen atoms in total. The van der Waals surface area contributed by atoms with Gasteiger partial charge >= 0.3 is 0 Å². The lowest BCUT2D eigenvalue weighted by Crippen LogP contribution is -2.64. The minimum atomic E-state index is -2.22. The summed E-state index contributed by atoms with van der Waals surface area (Å²) in [4.78, 5) is 0. The Morgan fingerprint density at radius 1 is 0.745 bits per heavy atom. The summed E-state index contributed by atoms with van der Waals surface area (Å²) in [6.45, 7) is 1.37. The average molecular weight is 747 g/mol. The van der Waals surface area contributed by atoms with Gasteiger partial charge in [0.1, 0.15) is 35.6 Å². The van der Waals surface area contributed by atoms with Crippen LogP contribution in [0, 0.1) is 0 Å². The van der Waals surface area contributed by atoms with Crippen molar-refractivity contribution in [1.82, 2.24) is 0 Å². The van der Waals surface area contributed by atoms with E-state index in [9.17, 15) is 5.11 Å². The van der Waals surface area contributed by atoms with Crippen LogP contribution in [0.1, 0.15) is 50.9 Å². The van der Waals surface area contributed by atoms with E-state index in [4.69, 9.17) is 33.2 Å². The standard InChI is InChI=1S/C46H47FO8/c1-49-42-36(25-34-19-20-39-35(24-34)18-11-22-51-39)26-38(43-37(42)21-23-52-43)46(48)45(54-29-33-16-9-4-10-17-33)44(53-28-32-14-7-3-8-15-32)41(47)40(55-46)30-50-27-31-12-5-2-6-13-31/h2-10,12-17,19-20,24,26,40-41,44-45,48H,11,18,21-23,25,27-30H2,1H3/t40-,41-,44+,45-,46?/m1/s1. The van der Waals surface area contributed by atoms with Gasteiger partial charge < -0.3 is 38.3 Å². The van der Waals surface area contributed by atoms with Crippen LogP contribution in [0.3, 0.4) is 0 Å². The molecule has 1 N–H and O–H groups in total. The van der Waals surface area contributed by atoms with Crippen molar-refractivity contribution < 1.29 is 42.7 Å². The monoisotopic (exact) mass is 746 g/mol. The number of ether oxygens (including phenoxy) is 7. The number of aryl methyl sites for hydroxylation is 1. The van der Waals surface area contributed by atoms with E-state index >= 15 is 4.39 Å². The maximum Gasteiger partial charge on any atom is 0.226 e. The number of methoxy groups -OCH3 is 1. The lowest BCUT2D eigenvalue weighted by Gasteiger charge is -2.48. The van der Waals surface area contributed by atoms with Crippen LogP contribution in [0.2, 0.25) is 0 Å². The van der Waals surface area contributed by atoms with Crippen LogP contribution in [0.5, 0.6) is 17.2 Å². The smallest absolute Gasteiger partial charge is 0.226 e. The molecule has 3 heterocycles. The van der Waals surface area contributed by atoms with Crippen LogP contribution >= 0.6 is 0 Å². The molecule has 3 aliphatic rings. The molecule has 5 atom stereocenters. The second-order valence-electron chi connectivity index (χ2n) is 14.4. The predicted octanol–water partition coefficient (Wildman–Crippen LogP) is 7.82. The Bertz CT molecular complexity index is 2030. The Balaban J connectivity index is 1.20. The lowest BCUT2D eigenvalue weighted by molar-refractivity contribution is -0.367. The van der Waals surface area contributed by atoms with E-state index in [0.29, 0.717) is 43.1 Å². The summed E-state index contributed by atoms with van der Waals surface area (Å²) in [5, 5.41) is 13.2. The first-order chi connectivity index (χ1) is 27.0. The van der Waals surface area contributed by atoms with Crippen molar-refractivity contribution in [2.24, 2.45) is 0 Å². The Hall–Kier alpha value is -4.77. The summed E-state index contributed by atoms with van der Waals surface area (Å²) in [5.41, 5.74) is 6.86. The molecule has 5 aromatic carbocycles. The summed E-state index contributed by atoms with van der Waals surface area (Å²) in [6, 6.07) is 36.9. The molecular formula is C46H47FO8. The lowest BCUT2D eigenvalue weighted by atomic mass is 9.85. The van der Waals surface area contributed by atoms with Gasteiger partial charge in [-0.2, -0.15) is 0 Å².